The molecule has 1 unspecified atom stereocenters. The number of ether oxygens (including phenoxy) is 2. The summed E-state index contributed by atoms with van der Waals surface area (Å²) in [5.41, 5.74) is 3.23. The van der Waals surface area contributed by atoms with Crippen LogP contribution in [0.5, 0.6) is 11.5 Å². The zero-order valence-corrected chi connectivity index (χ0v) is 17.0. The summed E-state index contributed by atoms with van der Waals surface area (Å²) in [7, 11) is 3.30. The second kappa shape index (κ2) is 9.49. The van der Waals surface area contributed by atoms with Crippen LogP contribution in [-0.4, -0.2) is 37.7 Å². The number of nitrogens with zero attached hydrogens (tertiary/aromatic N) is 1. The van der Waals surface area contributed by atoms with Gasteiger partial charge < -0.3 is 19.7 Å². The fourth-order valence-electron chi connectivity index (χ4n) is 3.77. The van der Waals surface area contributed by atoms with Crippen LogP contribution in [0.2, 0.25) is 0 Å². The second-order valence-electron chi connectivity index (χ2n) is 7.37. The summed E-state index contributed by atoms with van der Waals surface area (Å²) in [5, 5.41) is 3.05. The summed E-state index contributed by atoms with van der Waals surface area (Å²) in [4.78, 5) is 14.8. The monoisotopic (exact) mass is 382 g/mol. The van der Waals surface area contributed by atoms with Gasteiger partial charge in [-0.05, 0) is 68.9 Å². The molecular formula is C23H30N2O3. The summed E-state index contributed by atoms with van der Waals surface area (Å²) in [5.74, 6) is 1.49. The first-order valence-corrected chi connectivity index (χ1v) is 9.96. The lowest BCUT2D eigenvalue weighted by Gasteiger charge is -2.36. The van der Waals surface area contributed by atoms with Crippen molar-refractivity contribution in [1.82, 2.24) is 4.90 Å². The molecule has 0 radical (unpaired) electrons. The number of aryl methyl sites for hydroxylation is 2. The molecule has 2 amide bonds. The first kappa shape index (κ1) is 20.1. The number of hydrogen-bond acceptors (Lipinski definition) is 3. The molecule has 0 bridgehead atoms. The van der Waals surface area contributed by atoms with E-state index in [2.05, 4.69) is 11.4 Å². The normalized spacial score (nSPS) is 16.5. The summed E-state index contributed by atoms with van der Waals surface area (Å²) in [6.45, 7) is 2.86. The third-order valence-corrected chi connectivity index (χ3v) is 5.41. The molecule has 1 saturated heterocycles. The van der Waals surface area contributed by atoms with Crippen molar-refractivity contribution in [3.63, 3.8) is 0 Å². The predicted molar refractivity (Wildman–Crippen MR) is 112 cm³/mol. The van der Waals surface area contributed by atoms with Crippen LogP contribution in [-0.2, 0) is 6.42 Å². The molecule has 1 heterocycles. The van der Waals surface area contributed by atoms with Crippen LogP contribution in [0.15, 0.2) is 42.5 Å². The molecule has 5 heteroatoms. The number of hydrogen-bond donors (Lipinski definition) is 1. The molecule has 5 nitrogen and oxygen atoms in total. The van der Waals surface area contributed by atoms with Crippen LogP contribution in [0, 0.1) is 6.92 Å². The number of carbonyl (C=O) groups is 1. The Hall–Kier alpha value is -2.69. The molecule has 1 N–H and O–H groups in total. The van der Waals surface area contributed by atoms with Gasteiger partial charge in [0.25, 0.3) is 0 Å². The second-order valence-corrected chi connectivity index (χ2v) is 7.37. The lowest BCUT2D eigenvalue weighted by atomic mass is 9.96. The molecule has 1 aliphatic heterocycles. The molecule has 3 rings (SSSR count). The number of urea groups is 1. The number of carbonyl (C=O) groups excluding carboxylic acids is 1. The summed E-state index contributed by atoms with van der Waals surface area (Å²) < 4.78 is 10.7. The molecular weight excluding hydrogens is 352 g/mol. The third kappa shape index (κ3) is 4.97. The Kier molecular flexibility index (Phi) is 6.80. The molecule has 1 fully saturated rings. The topological polar surface area (TPSA) is 50.8 Å². The van der Waals surface area contributed by atoms with Crippen LogP contribution in [0.1, 0.15) is 36.8 Å². The van der Waals surface area contributed by atoms with Crippen molar-refractivity contribution in [1.29, 1.82) is 0 Å². The number of rotatable bonds is 6. The van der Waals surface area contributed by atoms with E-state index in [9.17, 15) is 4.79 Å². The van der Waals surface area contributed by atoms with Crippen molar-refractivity contribution in [2.24, 2.45) is 0 Å². The minimum atomic E-state index is 0.000800. The Balaban J connectivity index is 1.63. The van der Waals surface area contributed by atoms with E-state index >= 15 is 0 Å². The largest absolute Gasteiger partial charge is 0.493 e. The fraction of sp³-hybridized carbons (Fsp3) is 0.435. The number of piperidine rings is 1. The first-order chi connectivity index (χ1) is 13.6. The summed E-state index contributed by atoms with van der Waals surface area (Å²) in [6.07, 6.45) is 5.13. The number of anilines is 1. The maximum absolute atomic E-state index is 12.8. The Bertz CT molecular complexity index is 789. The highest BCUT2D eigenvalue weighted by atomic mass is 16.5. The van der Waals surface area contributed by atoms with E-state index in [1.165, 1.54) is 17.5 Å². The molecule has 1 aliphatic rings. The van der Waals surface area contributed by atoms with Gasteiger partial charge in [0.1, 0.15) is 0 Å². The van der Waals surface area contributed by atoms with Crippen molar-refractivity contribution in [2.45, 2.75) is 45.1 Å². The highest BCUT2D eigenvalue weighted by Gasteiger charge is 2.26. The summed E-state index contributed by atoms with van der Waals surface area (Å²) in [6, 6.07) is 14.2. The van der Waals surface area contributed by atoms with E-state index < -0.39 is 0 Å². The van der Waals surface area contributed by atoms with E-state index in [-0.39, 0.29) is 12.1 Å². The van der Waals surface area contributed by atoms with Gasteiger partial charge in [0.2, 0.25) is 0 Å². The molecule has 1 atom stereocenters. The lowest BCUT2D eigenvalue weighted by molar-refractivity contribution is 0.158. The molecule has 150 valence electrons. The van der Waals surface area contributed by atoms with Crippen LogP contribution >= 0.6 is 0 Å². The molecule has 0 spiro atoms. The molecule has 2 aromatic rings. The van der Waals surface area contributed by atoms with Gasteiger partial charge >= 0.3 is 6.03 Å². The van der Waals surface area contributed by atoms with E-state index in [0.717, 1.165) is 49.4 Å². The number of amides is 2. The van der Waals surface area contributed by atoms with E-state index in [0.29, 0.717) is 0 Å². The summed E-state index contributed by atoms with van der Waals surface area (Å²) >= 11 is 0. The minimum Gasteiger partial charge on any atom is -0.493 e. The van der Waals surface area contributed by atoms with Gasteiger partial charge in [0, 0.05) is 18.3 Å². The Morgan fingerprint density at radius 2 is 1.82 bits per heavy atom. The highest BCUT2D eigenvalue weighted by Crippen LogP contribution is 2.29. The maximum Gasteiger partial charge on any atom is 0.322 e. The van der Waals surface area contributed by atoms with E-state index in [1.807, 2.05) is 48.2 Å². The van der Waals surface area contributed by atoms with Crippen LogP contribution in [0.4, 0.5) is 10.5 Å². The lowest BCUT2D eigenvalue weighted by Crippen LogP contribution is -2.46. The zero-order valence-electron chi connectivity index (χ0n) is 17.0. The Morgan fingerprint density at radius 1 is 1.07 bits per heavy atom. The standard InChI is InChI=1S/C23H30N2O3/c1-17-7-11-19(12-8-17)24-23(26)25-15-5-4-6-20(25)13-9-18-10-14-21(27-2)22(16-18)28-3/h7-8,10-12,14,16,20H,4-6,9,13,15H2,1-3H3,(H,24,26). The van der Waals surface area contributed by atoms with Gasteiger partial charge in [-0.25, -0.2) is 4.79 Å². The van der Waals surface area contributed by atoms with E-state index in [4.69, 9.17) is 9.47 Å². The van der Waals surface area contributed by atoms with Gasteiger partial charge in [-0.1, -0.05) is 23.8 Å². The minimum absolute atomic E-state index is 0.000800. The van der Waals surface area contributed by atoms with Gasteiger partial charge in [-0.3, -0.25) is 0 Å². The number of methoxy groups -OCH3 is 2. The smallest absolute Gasteiger partial charge is 0.322 e. The van der Waals surface area contributed by atoms with Gasteiger partial charge in [0.15, 0.2) is 11.5 Å². The predicted octanol–water partition coefficient (Wildman–Crippen LogP) is 5.03. The number of nitrogens with one attached hydrogen (secondary N) is 1. The molecule has 0 aliphatic carbocycles. The molecule has 2 aromatic carbocycles. The molecule has 0 saturated carbocycles. The zero-order chi connectivity index (χ0) is 19.9. The van der Waals surface area contributed by atoms with Crippen molar-refractivity contribution >= 4 is 11.7 Å². The van der Waals surface area contributed by atoms with Crippen LogP contribution < -0.4 is 14.8 Å². The molecule has 28 heavy (non-hydrogen) atoms. The fourth-order valence-corrected chi connectivity index (χ4v) is 3.77. The first-order valence-electron chi connectivity index (χ1n) is 9.96. The van der Waals surface area contributed by atoms with Crippen LogP contribution in [0.25, 0.3) is 0 Å². The van der Waals surface area contributed by atoms with E-state index in [1.54, 1.807) is 14.2 Å². The van der Waals surface area contributed by atoms with Gasteiger partial charge in [-0.2, -0.15) is 0 Å². The SMILES string of the molecule is COc1ccc(CCC2CCCCN2C(=O)Nc2ccc(C)cc2)cc1OC. The third-order valence-electron chi connectivity index (χ3n) is 5.41. The van der Waals surface area contributed by atoms with Gasteiger partial charge in [-0.15, -0.1) is 0 Å². The highest BCUT2D eigenvalue weighted by molar-refractivity contribution is 5.89. The quantitative estimate of drug-likeness (QED) is 0.762. The van der Waals surface area contributed by atoms with Crippen molar-refractivity contribution in [3.05, 3.63) is 53.6 Å². The Labute approximate surface area is 167 Å². The van der Waals surface area contributed by atoms with Gasteiger partial charge in [0.05, 0.1) is 14.2 Å². The number of benzene rings is 2. The van der Waals surface area contributed by atoms with Crippen molar-refractivity contribution in [3.8, 4) is 11.5 Å². The van der Waals surface area contributed by atoms with Crippen molar-refractivity contribution < 1.29 is 14.3 Å². The maximum atomic E-state index is 12.8. The molecule has 0 aromatic heterocycles. The van der Waals surface area contributed by atoms with Crippen LogP contribution in [0.3, 0.4) is 0 Å². The van der Waals surface area contributed by atoms with Crippen molar-refractivity contribution in [2.75, 3.05) is 26.1 Å². The Morgan fingerprint density at radius 3 is 2.54 bits per heavy atom. The average Bonchev–Trinajstić information content (AvgIpc) is 2.73. The average molecular weight is 383 g/mol. The number of likely N-dealkylation sites (tertiary alicyclic amines) is 1.